The fraction of sp³-hybridized carbons (Fsp3) is 0.133. The van der Waals surface area contributed by atoms with Crippen LogP contribution in [0.15, 0.2) is 40.8 Å². The molecule has 2 amide bonds. The standard InChI is InChI=1S/C15H14N2O5/c1-9(18)16-13-8-7-12(22-13)14(19)17-11-6-4-3-5-10(11)15(20)21-2/h3-8H,1-2H3,(H,16,18)(H,17,19). The highest BCUT2D eigenvalue weighted by Gasteiger charge is 2.16. The van der Waals surface area contributed by atoms with Crippen molar-refractivity contribution >= 4 is 29.4 Å². The summed E-state index contributed by atoms with van der Waals surface area (Å²) in [5.41, 5.74) is 0.531. The number of carbonyl (C=O) groups is 3. The number of nitrogens with one attached hydrogen (secondary N) is 2. The van der Waals surface area contributed by atoms with Crippen molar-refractivity contribution < 1.29 is 23.5 Å². The number of amides is 2. The lowest BCUT2D eigenvalue weighted by Crippen LogP contribution is -2.14. The Morgan fingerprint density at radius 3 is 2.45 bits per heavy atom. The van der Waals surface area contributed by atoms with Gasteiger partial charge in [-0.25, -0.2) is 4.79 Å². The number of para-hydroxylation sites is 1. The van der Waals surface area contributed by atoms with E-state index in [0.29, 0.717) is 5.69 Å². The summed E-state index contributed by atoms with van der Waals surface area (Å²) in [4.78, 5) is 34.7. The second-order valence-corrected chi connectivity index (χ2v) is 4.34. The Balaban J connectivity index is 2.17. The van der Waals surface area contributed by atoms with Crippen molar-refractivity contribution in [3.63, 3.8) is 0 Å². The molecule has 0 aliphatic heterocycles. The van der Waals surface area contributed by atoms with Gasteiger partial charge in [-0.3, -0.25) is 14.9 Å². The third-order valence-electron chi connectivity index (χ3n) is 2.71. The van der Waals surface area contributed by atoms with Gasteiger partial charge in [0.2, 0.25) is 5.91 Å². The Kier molecular flexibility index (Phi) is 4.57. The molecule has 2 rings (SSSR count). The SMILES string of the molecule is COC(=O)c1ccccc1NC(=O)c1ccc(NC(C)=O)o1. The first-order valence-corrected chi connectivity index (χ1v) is 6.37. The van der Waals surface area contributed by atoms with Crippen LogP contribution in [0.25, 0.3) is 0 Å². The Labute approximate surface area is 126 Å². The van der Waals surface area contributed by atoms with Crippen molar-refractivity contribution in [3.05, 3.63) is 47.7 Å². The monoisotopic (exact) mass is 302 g/mol. The van der Waals surface area contributed by atoms with Crippen LogP contribution in [0.5, 0.6) is 0 Å². The molecule has 0 spiro atoms. The smallest absolute Gasteiger partial charge is 0.339 e. The molecule has 1 heterocycles. The predicted molar refractivity (Wildman–Crippen MR) is 78.7 cm³/mol. The van der Waals surface area contributed by atoms with Gasteiger partial charge < -0.3 is 14.5 Å². The zero-order valence-electron chi connectivity index (χ0n) is 12.0. The molecule has 1 aromatic heterocycles. The highest BCUT2D eigenvalue weighted by Crippen LogP contribution is 2.19. The summed E-state index contributed by atoms with van der Waals surface area (Å²) < 4.78 is 9.85. The minimum atomic E-state index is -0.561. The van der Waals surface area contributed by atoms with E-state index in [0.717, 1.165) is 0 Å². The molecular weight excluding hydrogens is 288 g/mol. The lowest BCUT2D eigenvalue weighted by molar-refractivity contribution is -0.114. The van der Waals surface area contributed by atoms with Crippen molar-refractivity contribution in [2.45, 2.75) is 6.92 Å². The summed E-state index contributed by atoms with van der Waals surface area (Å²) in [6.07, 6.45) is 0. The Hall–Kier alpha value is -3.09. The van der Waals surface area contributed by atoms with Crippen molar-refractivity contribution in [1.82, 2.24) is 0 Å². The van der Waals surface area contributed by atoms with Crippen LogP contribution in [0, 0.1) is 0 Å². The fourth-order valence-electron chi connectivity index (χ4n) is 1.76. The van der Waals surface area contributed by atoms with E-state index in [1.807, 2.05) is 0 Å². The van der Waals surface area contributed by atoms with Gasteiger partial charge >= 0.3 is 5.97 Å². The van der Waals surface area contributed by atoms with E-state index >= 15 is 0 Å². The summed E-state index contributed by atoms with van der Waals surface area (Å²) in [5, 5.41) is 4.99. The lowest BCUT2D eigenvalue weighted by Gasteiger charge is -2.08. The van der Waals surface area contributed by atoms with Crippen molar-refractivity contribution in [2.75, 3.05) is 17.7 Å². The number of carbonyl (C=O) groups excluding carboxylic acids is 3. The van der Waals surface area contributed by atoms with Gasteiger partial charge in [0.15, 0.2) is 11.6 Å². The number of ether oxygens (including phenoxy) is 1. The van der Waals surface area contributed by atoms with E-state index in [-0.39, 0.29) is 23.1 Å². The summed E-state index contributed by atoms with van der Waals surface area (Å²) in [5.74, 6) is -1.25. The first kappa shape index (κ1) is 15.3. The van der Waals surface area contributed by atoms with Crippen molar-refractivity contribution in [3.8, 4) is 0 Å². The van der Waals surface area contributed by atoms with Gasteiger partial charge in [-0.2, -0.15) is 0 Å². The van der Waals surface area contributed by atoms with Crippen LogP contribution in [0.1, 0.15) is 27.8 Å². The zero-order valence-corrected chi connectivity index (χ0v) is 12.0. The maximum atomic E-state index is 12.1. The van der Waals surface area contributed by atoms with Crippen LogP contribution in [-0.2, 0) is 9.53 Å². The van der Waals surface area contributed by atoms with Gasteiger partial charge in [0.1, 0.15) is 0 Å². The number of furan rings is 1. The van der Waals surface area contributed by atoms with Gasteiger partial charge in [-0.15, -0.1) is 0 Å². The maximum absolute atomic E-state index is 12.1. The van der Waals surface area contributed by atoms with Crippen LogP contribution in [-0.4, -0.2) is 24.9 Å². The van der Waals surface area contributed by atoms with E-state index in [1.165, 1.54) is 32.2 Å². The summed E-state index contributed by atoms with van der Waals surface area (Å²) in [6, 6.07) is 9.31. The van der Waals surface area contributed by atoms with Crippen molar-refractivity contribution in [2.24, 2.45) is 0 Å². The zero-order chi connectivity index (χ0) is 16.1. The molecule has 0 bridgehead atoms. The molecule has 0 aliphatic carbocycles. The quantitative estimate of drug-likeness (QED) is 0.844. The van der Waals surface area contributed by atoms with Gasteiger partial charge in [0, 0.05) is 13.0 Å². The third-order valence-corrected chi connectivity index (χ3v) is 2.71. The number of hydrogen-bond acceptors (Lipinski definition) is 5. The summed E-state index contributed by atoms with van der Waals surface area (Å²) in [7, 11) is 1.26. The van der Waals surface area contributed by atoms with Crippen molar-refractivity contribution in [1.29, 1.82) is 0 Å². The second-order valence-electron chi connectivity index (χ2n) is 4.34. The molecule has 0 fully saturated rings. The van der Waals surface area contributed by atoms with Gasteiger partial charge in [-0.1, -0.05) is 12.1 Å². The molecule has 2 aromatic rings. The van der Waals surface area contributed by atoms with Crippen LogP contribution in [0.2, 0.25) is 0 Å². The number of hydrogen-bond donors (Lipinski definition) is 2. The van der Waals surface area contributed by atoms with Crippen LogP contribution in [0.4, 0.5) is 11.6 Å². The molecule has 0 unspecified atom stereocenters. The number of benzene rings is 1. The second kappa shape index (κ2) is 6.57. The minimum Gasteiger partial charge on any atom is -0.465 e. The molecule has 7 nitrogen and oxygen atoms in total. The highest BCUT2D eigenvalue weighted by atomic mass is 16.5. The summed E-state index contributed by atoms with van der Waals surface area (Å²) >= 11 is 0. The highest BCUT2D eigenvalue weighted by molar-refractivity contribution is 6.06. The normalized spacial score (nSPS) is 9.91. The number of anilines is 2. The predicted octanol–water partition coefficient (Wildman–Crippen LogP) is 2.28. The number of methoxy groups -OCH3 is 1. The number of rotatable bonds is 4. The molecule has 7 heteroatoms. The Morgan fingerprint density at radius 2 is 1.77 bits per heavy atom. The van der Waals surface area contributed by atoms with Gasteiger partial charge in [-0.05, 0) is 18.2 Å². The molecule has 0 saturated carbocycles. The lowest BCUT2D eigenvalue weighted by atomic mass is 10.2. The first-order valence-electron chi connectivity index (χ1n) is 6.37. The third kappa shape index (κ3) is 3.51. The molecular formula is C15H14N2O5. The average Bonchev–Trinajstić information content (AvgIpc) is 2.94. The molecule has 1 aromatic carbocycles. The van der Waals surface area contributed by atoms with Gasteiger partial charge in [0.25, 0.3) is 5.91 Å². The van der Waals surface area contributed by atoms with Crippen LogP contribution >= 0.6 is 0 Å². The Morgan fingerprint density at radius 1 is 1.05 bits per heavy atom. The molecule has 114 valence electrons. The maximum Gasteiger partial charge on any atom is 0.339 e. The Bertz CT molecular complexity index is 720. The molecule has 0 atom stereocenters. The average molecular weight is 302 g/mol. The molecule has 22 heavy (non-hydrogen) atoms. The van der Waals surface area contributed by atoms with E-state index in [9.17, 15) is 14.4 Å². The first-order chi connectivity index (χ1) is 10.5. The molecule has 0 saturated heterocycles. The topological polar surface area (TPSA) is 97.6 Å². The van der Waals surface area contributed by atoms with Crippen LogP contribution in [0.3, 0.4) is 0 Å². The fourth-order valence-corrected chi connectivity index (χ4v) is 1.76. The van der Waals surface area contributed by atoms with E-state index < -0.39 is 11.9 Å². The van der Waals surface area contributed by atoms with E-state index in [2.05, 4.69) is 15.4 Å². The molecule has 0 aliphatic rings. The van der Waals surface area contributed by atoms with E-state index in [4.69, 9.17) is 4.42 Å². The molecule has 2 N–H and O–H groups in total. The van der Waals surface area contributed by atoms with Gasteiger partial charge in [0.05, 0.1) is 18.4 Å². The number of esters is 1. The largest absolute Gasteiger partial charge is 0.465 e. The van der Waals surface area contributed by atoms with Crippen LogP contribution < -0.4 is 10.6 Å². The minimum absolute atomic E-state index is 0.00317. The molecule has 0 radical (unpaired) electrons. The van der Waals surface area contributed by atoms with E-state index in [1.54, 1.807) is 18.2 Å². The summed E-state index contributed by atoms with van der Waals surface area (Å²) in [6.45, 7) is 1.33.